The summed E-state index contributed by atoms with van der Waals surface area (Å²) < 4.78 is 16.8. The molecule has 8 nitrogen and oxygen atoms in total. The summed E-state index contributed by atoms with van der Waals surface area (Å²) in [5.41, 5.74) is 3.26. The number of carbonyl (C=O) groups excluding carboxylic acids is 1. The van der Waals surface area contributed by atoms with Crippen molar-refractivity contribution in [1.82, 2.24) is 20.7 Å². The molecular formula is C18H24N4O4. The average molecular weight is 360 g/mol. The second-order valence-corrected chi connectivity index (χ2v) is 7.08. The Hall–Kier alpha value is -2.19. The van der Waals surface area contributed by atoms with E-state index in [2.05, 4.69) is 20.7 Å². The molecule has 0 radical (unpaired) electrons. The quantitative estimate of drug-likeness (QED) is 0.817. The summed E-state index contributed by atoms with van der Waals surface area (Å²) >= 11 is 0. The maximum Gasteiger partial charge on any atom is 0.272 e. The first-order valence-electron chi connectivity index (χ1n) is 9.09. The number of carbonyl (C=O) groups is 1. The van der Waals surface area contributed by atoms with Crippen LogP contribution in [0.3, 0.4) is 0 Å². The highest BCUT2D eigenvalue weighted by Gasteiger charge is 2.31. The number of H-pyrrole nitrogens is 1. The van der Waals surface area contributed by atoms with Gasteiger partial charge in [0.1, 0.15) is 11.5 Å². The van der Waals surface area contributed by atoms with Gasteiger partial charge in [-0.25, -0.2) is 0 Å². The van der Waals surface area contributed by atoms with E-state index in [4.69, 9.17) is 14.0 Å². The standard InChI is InChI=1S/C18H24N4O4/c1-10-13(11(2)26-22-10)8-25-17-5-6-24-9-16(17)19-18(23)15-7-14(20-21-15)12-3-4-12/h7,12,16-17H,3-6,8-9H2,1-2H3,(H,19,23)(H,20,21)/t16-,17+/m1/s1. The minimum absolute atomic E-state index is 0.122. The number of aromatic nitrogens is 3. The van der Waals surface area contributed by atoms with Crippen molar-refractivity contribution in [1.29, 1.82) is 0 Å². The van der Waals surface area contributed by atoms with Gasteiger partial charge in [-0.05, 0) is 39.2 Å². The average Bonchev–Trinajstić information content (AvgIpc) is 3.28. The lowest BCUT2D eigenvalue weighted by atomic mass is 10.1. The van der Waals surface area contributed by atoms with Crippen LogP contribution in [0.25, 0.3) is 0 Å². The number of aromatic amines is 1. The third kappa shape index (κ3) is 3.66. The molecule has 2 N–H and O–H groups in total. The zero-order valence-corrected chi connectivity index (χ0v) is 15.1. The molecule has 0 bridgehead atoms. The highest BCUT2D eigenvalue weighted by molar-refractivity contribution is 5.92. The van der Waals surface area contributed by atoms with Crippen LogP contribution < -0.4 is 5.32 Å². The molecule has 140 valence electrons. The molecule has 0 aromatic carbocycles. The molecule has 1 saturated carbocycles. The van der Waals surface area contributed by atoms with Gasteiger partial charge in [-0.2, -0.15) is 5.10 Å². The van der Waals surface area contributed by atoms with Gasteiger partial charge in [-0.1, -0.05) is 5.16 Å². The number of hydrogen-bond donors (Lipinski definition) is 2. The molecule has 26 heavy (non-hydrogen) atoms. The predicted molar refractivity (Wildman–Crippen MR) is 91.8 cm³/mol. The van der Waals surface area contributed by atoms with Crippen LogP contribution in [0.4, 0.5) is 0 Å². The van der Waals surface area contributed by atoms with Crippen molar-refractivity contribution >= 4 is 5.91 Å². The third-order valence-corrected chi connectivity index (χ3v) is 5.08. The fourth-order valence-corrected chi connectivity index (χ4v) is 3.25. The molecular weight excluding hydrogens is 336 g/mol. The summed E-state index contributed by atoms with van der Waals surface area (Å²) in [4.78, 5) is 12.5. The van der Waals surface area contributed by atoms with Crippen molar-refractivity contribution in [3.8, 4) is 0 Å². The zero-order valence-electron chi connectivity index (χ0n) is 15.1. The van der Waals surface area contributed by atoms with Crippen molar-refractivity contribution in [3.63, 3.8) is 0 Å². The van der Waals surface area contributed by atoms with E-state index < -0.39 is 0 Å². The molecule has 2 fully saturated rings. The van der Waals surface area contributed by atoms with Crippen LogP contribution in [0.5, 0.6) is 0 Å². The minimum atomic E-state index is -0.210. The monoisotopic (exact) mass is 360 g/mol. The van der Waals surface area contributed by atoms with Gasteiger partial charge in [-0.3, -0.25) is 9.89 Å². The summed E-state index contributed by atoms with van der Waals surface area (Å²) in [5, 5.41) is 14.1. The normalized spacial score (nSPS) is 23.2. The van der Waals surface area contributed by atoms with E-state index in [-0.39, 0.29) is 18.1 Å². The molecule has 3 heterocycles. The van der Waals surface area contributed by atoms with Crippen LogP contribution in [0, 0.1) is 13.8 Å². The summed E-state index contributed by atoms with van der Waals surface area (Å²) in [5.74, 6) is 1.10. The van der Waals surface area contributed by atoms with Gasteiger partial charge in [-0.15, -0.1) is 0 Å². The van der Waals surface area contributed by atoms with Crippen LogP contribution in [-0.4, -0.2) is 46.6 Å². The summed E-state index contributed by atoms with van der Waals surface area (Å²) in [6, 6.07) is 1.63. The molecule has 2 atom stereocenters. The first-order valence-corrected chi connectivity index (χ1v) is 9.09. The Morgan fingerprint density at radius 3 is 2.96 bits per heavy atom. The molecule has 1 aliphatic carbocycles. The maximum atomic E-state index is 12.5. The third-order valence-electron chi connectivity index (χ3n) is 5.08. The van der Waals surface area contributed by atoms with Gasteiger partial charge >= 0.3 is 0 Å². The highest BCUT2D eigenvalue weighted by atomic mass is 16.5. The molecule has 2 aromatic rings. The Bertz CT molecular complexity index is 761. The molecule has 1 saturated heterocycles. The molecule has 1 aliphatic heterocycles. The van der Waals surface area contributed by atoms with Crippen LogP contribution in [0.2, 0.25) is 0 Å². The van der Waals surface area contributed by atoms with E-state index >= 15 is 0 Å². The fourth-order valence-electron chi connectivity index (χ4n) is 3.25. The predicted octanol–water partition coefficient (Wildman–Crippen LogP) is 2.00. The SMILES string of the molecule is Cc1noc(C)c1CO[C@H]1CCOC[C@H]1NC(=O)c1cc(C2CC2)[nH]n1. The van der Waals surface area contributed by atoms with Gasteiger partial charge in [0.25, 0.3) is 5.91 Å². The number of nitrogens with zero attached hydrogens (tertiary/aromatic N) is 2. The van der Waals surface area contributed by atoms with E-state index in [9.17, 15) is 4.79 Å². The number of aryl methyl sites for hydroxylation is 2. The number of ether oxygens (including phenoxy) is 2. The first-order chi connectivity index (χ1) is 12.6. The van der Waals surface area contributed by atoms with E-state index in [0.717, 1.165) is 42.0 Å². The molecule has 4 rings (SSSR count). The second-order valence-electron chi connectivity index (χ2n) is 7.08. The number of hydrogen-bond acceptors (Lipinski definition) is 6. The van der Waals surface area contributed by atoms with Crippen LogP contribution in [0.15, 0.2) is 10.6 Å². The fraction of sp³-hybridized carbons (Fsp3) is 0.611. The second kappa shape index (κ2) is 7.20. The zero-order chi connectivity index (χ0) is 18.1. The molecule has 2 aliphatic rings. The Morgan fingerprint density at radius 2 is 2.23 bits per heavy atom. The van der Waals surface area contributed by atoms with E-state index in [1.807, 2.05) is 19.9 Å². The van der Waals surface area contributed by atoms with E-state index in [1.165, 1.54) is 0 Å². The van der Waals surface area contributed by atoms with Crippen molar-refractivity contribution in [2.24, 2.45) is 0 Å². The van der Waals surface area contributed by atoms with Crippen LogP contribution in [-0.2, 0) is 16.1 Å². The van der Waals surface area contributed by atoms with Gasteiger partial charge in [0.05, 0.1) is 31.1 Å². The Morgan fingerprint density at radius 1 is 1.38 bits per heavy atom. The maximum absolute atomic E-state index is 12.5. The Labute approximate surface area is 151 Å². The largest absolute Gasteiger partial charge is 0.379 e. The molecule has 0 spiro atoms. The number of nitrogens with one attached hydrogen (secondary N) is 2. The van der Waals surface area contributed by atoms with Gasteiger partial charge in [0.2, 0.25) is 0 Å². The van der Waals surface area contributed by atoms with Gasteiger partial charge in [0, 0.05) is 23.8 Å². The van der Waals surface area contributed by atoms with E-state index in [1.54, 1.807) is 0 Å². The van der Waals surface area contributed by atoms with Crippen LogP contribution >= 0.6 is 0 Å². The van der Waals surface area contributed by atoms with Crippen molar-refractivity contribution in [3.05, 3.63) is 34.5 Å². The minimum Gasteiger partial charge on any atom is -0.379 e. The molecule has 2 aromatic heterocycles. The summed E-state index contributed by atoms with van der Waals surface area (Å²) in [6.07, 6.45) is 2.93. The first kappa shape index (κ1) is 17.2. The van der Waals surface area contributed by atoms with Crippen LogP contribution in [0.1, 0.15) is 58.4 Å². The lowest BCUT2D eigenvalue weighted by molar-refractivity contribution is -0.0608. The molecule has 1 amide bonds. The van der Waals surface area contributed by atoms with Gasteiger partial charge in [0.15, 0.2) is 0 Å². The lowest BCUT2D eigenvalue weighted by Gasteiger charge is -2.31. The molecule has 0 unspecified atom stereocenters. The number of amides is 1. The Kier molecular flexibility index (Phi) is 4.78. The summed E-state index contributed by atoms with van der Waals surface area (Å²) in [6.45, 7) is 5.22. The summed E-state index contributed by atoms with van der Waals surface area (Å²) in [7, 11) is 0. The lowest BCUT2D eigenvalue weighted by Crippen LogP contribution is -2.50. The van der Waals surface area contributed by atoms with Gasteiger partial charge < -0.3 is 19.3 Å². The Balaban J connectivity index is 1.37. The van der Waals surface area contributed by atoms with Crippen molar-refractivity contribution in [2.45, 2.75) is 57.8 Å². The smallest absolute Gasteiger partial charge is 0.272 e. The number of rotatable bonds is 6. The van der Waals surface area contributed by atoms with E-state index in [0.29, 0.717) is 31.4 Å². The van der Waals surface area contributed by atoms with Crippen molar-refractivity contribution in [2.75, 3.05) is 13.2 Å². The topological polar surface area (TPSA) is 102 Å². The highest BCUT2D eigenvalue weighted by Crippen LogP contribution is 2.39. The van der Waals surface area contributed by atoms with Crippen molar-refractivity contribution < 1.29 is 18.8 Å². The molecule has 8 heteroatoms.